The number of fused-ring (bicyclic) bond motifs is 4. The highest BCUT2D eigenvalue weighted by atomic mass is 16.5. The number of benzene rings is 2. The number of nitrogens with one attached hydrogen (secondary N) is 2. The number of methoxy groups -OCH3 is 2. The van der Waals surface area contributed by atoms with Crippen molar-refractivity contribution in [1.82, 2.24) is 15.5 Å². The average molecular weight is 450 g/mol. The summed E-state index contributed by atoms with van der Waals surface area (Å²) in [5.41, 5.74) is 3.96. The molecular formula is C27H35N3O3. The maximum atomic E-state index is 13.5. The van der Waals surface area contributed by atoms with Crippen LogP contribution >= 0.6 is 0 Å². The molecule has 1 amide bonds. The molecule has 3 aliphatic heterocycles. The van der Waals surface area contributed by atoms with Gasteiger partial charge in [0.15, 0.2) is 0 Å². The van der Waals surface area contributed by atoms with Crippen LogP contribution in [-0.2, 0) is 6.42 Å². The molecule has 176 valence electrons. The standard InChI is InChI=1S/C27H35N3O3/c1-17(18-8-5-4-6-9-18)29-27(31)21-14-24(32-2)20-11-13-30-16-19-10-7-12-28-22(19)15-23(30)25(20)26(21)33-3/h4-6,8-9,14,17,19,22-23,28H,7,10-13,15-16H2,1-3H3,(H,29,31)/t17?,19-,22+,23+/m0/s1. The predicted molar refractivity (Wildman–Crippen MR) is 129 cm³/mol. The minimum atomic E-state index is -0.133. The van der Waals surface area contributed by atoms with Gasteiger partial charge in [0.2, 0.25) is 0 Å². The van der Waals surface area contributed by atoms with Crippen LogP contribution < -0.4 is 20.1 Å². The van der Waals surface area contributed by atoms with E-state index in [1.807, 2.05) is 43.3 Å². The Balaban J connectivity index is 1.51. The fourth-order valence-electron chi connectivity index (χ4n) is 6.11. The van der Waals surface area contributed by atoms with Gasteiger partial charge in [0.05, 0.1) is 25.8 Å². The van der Waals surface area contributed by atoms with Crippen molar-refractivity contribution in [2.75, 3.05) is 33.9 Å². The van der Waals surface area contributed by atoms with Crippen molar-refractivity contribution in [1.29, 1.82) is 0 Å². The van der Waals surface area contributed by atoms with Gasteiger partial charge in [0.1, 0.15) is 11.5 Å². The normalized spacial score (nSPS) is 25.2. The van der Waals surface area contributed by atoms with E-state index < -0.39 is 0 Å². The van der Waals surface area contributed by atoms with Crippen molar-refractivity contribution in [2.45, 2.75) is 50.7 Å². The smallest absolute Gasteiger partial charge is 0.255 e. The second-order valence-electron chi connectivity index (χ2n) is 9.62. The number of hydrogen-bond acceptors (Lipinski definition) is 5. The molecule has 0 saturated carbocycles. The molecule has 3 heterocycles. The Labute approximate surface area is 196 Å². The van der Waals surface area contributed by atoms with E-state index in [9.17, 15) is 4.79 Å². The van der Waals surface area contributed by atoms with Gasteiger partial charge in [-0.2, -0.15) is 0 Å². The minimum absolute atomic E-state index is 0.108. The van der Waals surface area contributed by atoms with E-state index >= 15 is 0 Å². The molecule has 1 unspecified atom stereocenters. The average Bonchev–Trinajstić information content (AvgIpc) is 2.86. The van der Waals surface area contributed by atoms with Crippen LogP contribution in [0.15, 0.2) is 36.4 Å². The lowest BCUT2D eigenvalue weighted by Crippen LogP contribution is -2.54. The first kappa shape index (κ1) is 22.2. The molecule has 2 N–H and O–H groups in total. The first-order valence-electron chi connectivity index (χ1n) is 12.2. The van der Waals surface area contributed by atoms with E-state index in [0.717, 1.165) is 49.4 Å². The Morgan fingerprint density at radius 2 is 2.03 bits per heavy atom. The topological polar surface area (TPSA) is 62.8 Å². The van der Waals surface area contributed by atoms with Gasteiger partial charge in [-0.3, -0.25) is 9.69 Å². The maximum Gasteiger partial charge on any atom is 0.255 e. The van der Waals surface area contributed by atoms with Crippen LogP contribution in [-0.4, -0.2) is 50.7 Å². The molecule has 0 radical (unpaired) electrons. The van der Waals surface area contributed by atoms with E-state index in [1.54, 1.807) is 14.2 Å². The Morgan fingerprint density at radius 3 is 2.79 bits per heavy atom. The van der Waals surface area contributed by atoms with Crippen LogP contribution in [0.4, 0.5) is 0 Å². The van der Waals surface area contributed by atoms with E-state index in [0.29, 0.717) is 23.3 Å². The number of rotatable bonds is 5. The zero-order valence-electron chi connectivity index (χ0n) is 19.9. The number of ether oxygens (including phenoxy) is 2. The molecule has 0 aromatic heterocycles. The third-order valence-corrected chi connectivity index (χ3v) is 7.80. The predicted octanol–water partition coefficient (Wildman–Crippen LogP) is 3.87. The summed E-state index contributed by atoms with van der Waals surface area (Å²) in [5.74, 6) is 2.07. The van der Waals surface area contributed by atoms with E-state index in [-0.39, 0.29) is 18.0 Å². The lowest BCUT2D eigenvalue weighted by Gasteiger charge is -2.49. The number of hydrogen-bond donors (Lipinski definition) is 2. The summed E-state index contributed by atoms with van der Waals surface area (Å²) in [5, 5.41) is 6.92. The molecule has 4 atom stereocenters. The summed E-state index contributed by atoms with van der Waals surface area (Å²) in [6, 6.07) is 12.5. The van der Waals surface area contributed by atoms with Gasteiger partial charge in [-0.25, -0.2) is 0 Å². The van der Waals surface area contributed by atoms with Crippen LogP contribution in [0, 0.1) is 5.92 Å². The summed E-state index contributed by atoms with van der Waals surface area (Å²) in [6.07, 6.45) is 4.52. The quantitative estimate of drug-likeness (QED) is 0.726. The molecule has 2 aromatic carbocycles. The second kappa shape index (κ2) is 9.35. The van der Waals surface area contributed by atoms with Crippen molar-refractivity contribution < 1.29 is 14.3 Å². The lowest BCUT2D eigenvalue weighted by atomic mass is 9.76. The van der Waals surface area contributed by atoms with Gasteiger partial charge in [0, 0.05) is 36.3 Å². The highest BCUT2D eigenvalue weighted by Gasteiger charge is 2.42. The fraction of sp³-hybridized carbons (Fsp3) is 0.519. The van der Waals surface area contributed by atoms with E-state index in [4.69, 9.17) is 9.47 Å². The van der Waals surface area contributed by atoms with E-state index in [2.05, 4.69) is 15.5 Å². The summed E-state index contributed by atoms with van der Waals surface area (Å²) in [6.45, 7) is 5.24. The van der Waals surface area contributed by atoms with Crippen LogP contribution in [0.5, 0.6) is 11.5 Å². The Morgan fingerprint density at radius 1 is 1.21 bits per heavy atom. The van der Waals surface area contributed by atoms with Crippen molar-refractivity contribution in [3.63, 3.8) is 0 Å². The van der Waals surface area contributed by atoms with Crippen LogP contribution in [0.2, 0.25) is 0 Å². The molecule has 33 heavy (non-hydrogen) atoms. The second-order valence-corrected chi connectivity index (χ2v) is 9.62. The molecule has 2 saturated heterocycles. The molecule has 0 spiro atoms. The molecule has 0 bridgehead atoms. The number of carbonyl (C=O) groups is 1. The van der Waals surface area contributed by atoms with Crippen molar-refractivity contribution >= 4 is 5.91 Å². The zero-order valence-corrected chi connectivity index (χ0v) is 19.9. The molecule has 6 heteroatoms. The summed E-state index contributed by atoms with van der Waals surface area (Å²) >= 11 is 0. The summed E-state index contributed by atoms with van der Waals surface area (Å²) < 4.78 is 11.8. The van der Waals surface area contributed by atoms with Gasteiger partial charge < -0.3 is 20.1 Å². The van der Waals surface area contributed by atoms with Gasteiger partial charge in [-0.15, -0.1) is 0 Å². The highest BCUT2D eigenvalue weighted by Crippen LogP contribution is 2.48. The molecule has 0 aliphatic carbocycles. The number of nitrogens with zero attached hydrogens (tertiary/aromatic N) is 1. The number of carbonyl (C=O) groups excluding carboxylic acids is 1. The van der Waals surface area contributed by atoms with Crippen LogP contribution in [0.25, 0.3) is 0 Å². The van der Waals surface area contributed by atoms with Gasteiger partial charge in [-0.1, -0.05) is 30.3 Å². The summed E-state index contributed by atoms with van der Waals surface area (Å²) in [7, 11) is 3.38. The van der Waals surface area contributed by atoms with Crippen LogP contribution in [0.3, 0.4) is 0 Å². The van der Waals surface area contributed by atoms with Crippen LogP contribution in [0.1, 0.15) is 65.3 Å². The van der Waals surface area contributed by atoms with Crippen molar-refractivity contribution in [2.24, 2.45) is 5.92 Å². The van der Waals surface area contributed by atoms with Gasteiger partial charge in [-0.05, 0) is 56.7 Å². The molecule has 2 fully saturated rings. The zero-order chi connectivity index (χ0) is 22.9. The largest absolute Gasteiger partial charge is 0.496 e. The third kappa shape index (κ3) is 4.11. The molecule has 6 nitrogen and oxygen atoms in total. The third-order valence-electron chi connectivity index (χ3n) is 7.80. The lowest BCUT2D eigenvalue weighted by molar-refractivity contribution is 0.0532. The first-order chi connectivity index (χ1) is 16.1. The van der Waals surface area contributed by atoms with E-state index in [1.165, 1.54) is 18.4 Å². The van der Waals surface area contributed by atoms with Crippen molar-refractivity contribution in [3.05, 3.63) is 58.7 Å². The fourth-order valence-corrected chi connectivity index (χ4v) is 6.11. The number of piperidine rings is 2. The summed E-state index contributed by atoms with van der Waals surface area (Å²) in [4.78, 5) is 16.1. The molecular weight excluding hydrogens is 414 g/mol. The molecule has 3 aliphatic rings. The minimum Gasteiger partial charge on any atom is -0.496 e. The molecule has 5 rings (SSSR count). The Hall–Kier alpha value is -2.57. The molecule has 2 aromatic rings. The van der Waals surface area contributed by atoms with Crippen molar-refractivity contribution in [3.8, 4) is 11.5 Å². The number of amides is 1. The monoisotopic (exact) mass is 449 g/mol. The SMILES string of the molecule is COc1cc(C(=O)NC(C)c2ccccc2)c(OC)c2c1CCN1C[C@@H]3CCCN[C@@H]3C[C@H]21. The Kier molecular flexibility index (Phi) is 6.30. The highest BCUT2D eigenvalue weighted by molar-refractivity contribution is 5.98. The Bertz CT molecular complexity index is 1010. The first-order valence-corrected chi connectivity index (χ1v) is 12.2. The van der Waals surface area contributed by atoms with Gasteiger partial charge in [0.25, 0.3) is 5.91 Å². The van der Waals surface area contributed by atoms with Gasteiger partial charge >= 0.3 is 0 Å². The maximum absolute atomic E-state index is 13.5.